The Morgan fingerprint density at radius 1 is 1.11 bits per heavy atom. The van der Waals surface area contributed by atoms with E-state index in [1.807, 2.05) is 30.3 Å². The summed E-state index contributed by atoms with van der Waals surface area (Å²) in [5.41, 5.74) is 4.19. The molecule has 0 spiro atoms. The molecule has 1 amide bonds. The third kappa shape index (κ3) is 3.11. The molecule has 2 saturated carbocycles. The van der Waals surface area contributed by atoms with Crippen LogP contribution in [0.1, 0.15) is 22.3 Å². The molecule has 0 aliphatic heterocycles. The first kappa shape index (κ1) is 24.0. The molecule has 0 saturated heterocycles. The van der Waals surface area contributed by atoms with Crippen LogP contribution in [0.3, 0.4) is 0 Å². The van der Waals surface area contributed by atoms with Gasteiger partial charge in [-0.1, -0.05) is 30.3 Å². The summed E-state index contributed by atoms with van der Waals surface area (Å²) in [6.45, 7) is 0. The Balaban J connectivity index is 1.66. The van der Waals surface area contributed by atoms with Crippen molar-refractivity contribution in [3.8, 4) is 17.0 Å². The van der Waals surface area contributed by atoms with Crippen LogP contribution in [0.5, 0.6) is 5.75 Å². The Labute approximate surface area is 206 Å². The zero-order chi connectivity index (χ0) is 26.1. The maximum absolute atomic E-state index is 13.8. The van der Waals surface area contributed by atoms with Crippen LogP contribution in [0.15, 0.2) is 36.5 Å². The van der Waals surface area contributed by atoms with E-state index in [9.17, 15) is 34.2 Å². The van der Waals surface area contributed by atoms with Gasteiger partial charge in [-0.2, -0.15) is 0 Å². The van der Waals surface area contributed by atoms with Crippen LogP contribution >= 0.6 is 0 Å². The number of carbonyl (C=O) groups is 5. The number of nitrogens with zero attached hydrogens (tertiary/aromatic N) is 2. The predicted molar refractivity (Wildman–Crippen MR) is 125 cm³/mol. The summed E-state index contributed by atoms with van der Waals surface area (Å²) in [6, 6.07) is 7.93. The number of hydrogen-bond donors (Lipinski definition) is 3. The van der Waals surface area contributed by atoms with E-state index in [0.29, 0.717) is 11.3 Å². The Hall–Kier alpha value is -3.76. The number of hydrogen-bond acceptors (Lipinski definition) is 9. The van der Waals surface area contributed by atoms with Crippen molar-refractivity contribution in [1.82, 2.24) is 9.88 Å². The number of amides is 1. The van der Waals surface area contributed by atoms with Crippen LogP contribution in [0.25, 0.3) is 11.3 Å². The molecule has 10 nitrogen and oxygen atoms in total. The van der Waals surface area contributed by atoms with Gasteiger partial charge in [0.05, 0.1) is 29.4 Å². The largest absolute Gasteiger partial charge is 0.506 e. The van der Waals surface area contributed by atoms with E-state index in [4.69, 9.17) is 5.73 Å². The number of fused-ring (bicyclic) bond motifs is 3. The van der Waals surface area contributed by atoms with E-state index in [-0.39, 0.29) is 18.4 Å². The zero-order valence-corrected chi connectivity index (χ0v) is 19.7. The molecule has 1 heterocycles. The number of carbonyl (C=O) groups excluding carboxylic acids is 5. The van der Waals surface area contributed by atoms with Gasteiger partial charge < -0.3 is 15.9 Å². The lowest BCUT2D eigenvalue weighted by molar-refractivity contribution is -0.181. The second-order valence-electron chi connectivity index (χ2n) is 10.0. The molecule has 0 bridgehead atoms. The number of primary amides is 1. The molecule has 2 aromatic rings. The van der Waals surface area contributed by atoms with Crippen molar-refractivity contribution in [3.63, 3.8) is 0 Å². The summed E-state index contributed by atoms with van der Waals surface area (Å²) in [5, 5.41) is 22.1. The highest BCUT2D eigenvalue weighted by Gasteiger charge is 2.69. The topological polar surface area (TPSA) is 168 Å². The monoisotopic (exact) mass is 491 g/mol. The number of nitrogens with two attached hydrogens (primary N) is 1. The van der Waals surface area contributed by atoms with Gasteiger partial charge in [-0.05, 0) is 38.4 Å². The van der Waals surface area contributed by atoms with E-state index >= 15 is 0 Å². The summed E-state index contributed by atoms with van der Waals surface area (Å²) in [6.07, 6.45) is 1.30. The highest BCUT2D eigenvalue weighted by molar-refractivity contribution is 6.32. The summed E-state index contributed by atoms with van der Waals surface area (Å²) in [7, 11) is 3.09. The van der Waals surface area contributed by atoms with E-state index in [1.165, 1.54) is 4.90 Å². The van der Waals surface area contributed by atoms with Crippen LogP contribution in [-0.2, 0) is 25.6 Å². The quantitative estimate of drug-likeness (QED) is 0.498. The molecule has 5 rings (SSSR count). The molecule has 3 aliphatic carbocycles. The van der Waals surface area contributed by atoms with Gasteiger partial charge in [0.2, 0.25) is 5.91 Å². The number of aliphatic hydroxyl groups is 1. The van der Waals surface area contributed by atoms with E-state index in [2.05, 4.69) is 4.98 Å². The summed E-state index contributed by atoms with van der Waals surface area (Å²) >= 11 is 0. The fourth-order valence-electron chi connectivity index (χ4n) is 6.34. The van der Waals surface area contributed by atoms with Crippen molar-refractivity contribution in [2.45, 2.75) is 24.5 Å². The average Bonchev–Trinajstić information content (AvgIpc) is 2.81. The Kier molecular flexibility index (Phi) is 5.42. The minimum absolute atomic E-state index is 0.00617. The third-order valence-electron chi connectivity index (χ3n) is 7.86. The fraction of sp³-hybridized carbons (Fsp3) is 0.385. The fourth-order valence-corrected chi connectivity index (χ4v) is 6.34. The summed E-state index contributed by atoms with van der Waals surface area (Å²) in [4.78, 5) is 71.7. The van der Waals surface area contributed by atoms with Gasteiger partial charge in [-0.15, -0.1) is 0 Å². The molecule has 4 N–H and O–H groups in total. The first-order valence-corrected chi connectivity index (χ1v) is 11.6. The number of likely N-dealkylation sites (N-methyl/N-ethyl adjacent to an activating group) is 1. The maximum Gasteiger partial charge on any atom is 0.235 e. The van der Waals surface area contributed by atoms with Gasteiger partial charge in [0.15, 0.2) is 34.7 Å². The van der Waals surface area contributed by atoms with Crippen LogP contribution < -0.4 is 5.73 Å². The van der Waals surface area contributed by atoms with Gasteiger partial charge in [0.1, 0.15) is 5.75 Å². The molecule has 1 aromatic carbocycles. The van der Waals surface area contributed by atoms with E-state index < -0.39 is 70.1 Å². The second-order valence-corrected chi connectivity index (χ2v) is 10.0. The van der Waals surface area contributed by atoms with Gasteiger partial charge >= 0.3 is 0 Å². The molecule has 10 heteroatoms. The van der Waals surface area contributed by atoms with Crippen molar-refractivity contribution in [2.75, 3.05) is 14.1 Å². The number of pyridine rings is 1. The van der Waals surface area contributed by atoms with E-state index in [1.54, 1.807) is 14.1 Å². The molecular weight excluding hydrogens is 466 g/mol. The zero-order valence-electron chi connectivity index (χ0n) is 19.7. The normalized spacial score (nSPS) is 31.6. The molecule has 3 aliphatic rings. The maximum atomic E-state index is 13.8. The Bertz CT molecular complexity index is 1340. The van der Waals surface area contributed by atoms with Crippen molar-refractivity contribution in [1.29, 1.82) is 0 Å². The van der Waals surface area contributed by atoms with Gasteiger partial charge in [0.25, 0.3) is 0 Å². The lowest BCUT2D eigenvalue weighted by Gasteiger charge is -2.52. The Morgan fingerprint density at radius 3 is 2.39 bits per heavy atom. The predicted octanol–water partition coefficient (Wildman–Crippen LogP) is -0.0710. The average molecular weight is 492 g/mol. The van der Waals surface area contributed by atoms with Crippen molar-refractivity contribution in [2.24, 2.45) is 29.4 Å². The standard InChI is InChI=1S/C26H25N3O7/c1-29(2)20-14-9-12-8-13-17(15(30)10-28-19(13)11-6-4-3-5-7-11)21(31)16(12)23(33)26(14,36)24(34)18(22(20)32)25(27)35/h3-7,10,12,14,16,18,20,30,36H,8-9H2,1-2H3,(H2,27,35)/t12-,14-,16?,18?,20-,26-/m0/s1. The van der Waals surface area contributed by atoms with Crippen molar-refractivity contribution < 1.29 is 34.2 Å². The third-order valence-corrected chi connectivity index (χ3v) is 7.86. The van der Waals surface area contributed by atoms with Crippen LogP contribution in [-0.4, -0.2) is 74.9 Å². The van der Waals surface area contributed by atoms with Crippen molar-refractivity contribution in [3.05, 3.63) is 47.7 Å². The summed E-state index contributed by atoms with van der Waals surface area (Å²) < 4.78 is 0. The number of aromatic hydroxyl groups is 1. The minimum Gasteiger partial charge on any atom is -0.506 e. The smallest absolute Gasteiger partial charge is 0.235 e. The second kappa shape index (κ2) is 8.14. The molecule has 0 radical (unpaired) electrons. The van der Waals surface area contributed by atoms with Gasteiger partial charge in [-0.25, -0.2) is 0 Å². The first-order valence-electron chi connectivity index (χ1n) is 11.6. The lowest BCUT2D eigenvalue weighted by Crippen LogP contribution is -2.74. The van der Waals surface area contributed by atoms with Gasteiger partial charge in [0, 0.05) is 11.5 Å². The molecule has 186 valence electrons. The Morgan fingerprint density at radius 2 is 1.78 bits per heavy atom. The SMILES string of the molecule is CN(C)[C@@H]1C(=O)C(C(N)=O)C(=O)[C@@]2(O)C(=O)C3C(=O)c4c(O)cnc(-c5ccccc5)c4C[C@H]3C[C@@H]12. The number of aromatic nitrogens is 1. The van der Waals surface area contributed by atoms with Crippen LogP contribution in [0.2, 0.25) is 0 Å². The van der Waals surface area contributed by atoms with E-state index in [0.717, 1.165) is 11.8 Å². The first-order chi connectivity index (χ1) is 17.0. The summed E-state index contributed by atoms with van der Waals surface area (Å²) in [5.74, 6) is -10.7. The number of Topliss-reactive ketones (excluding diaryl/α,β-unsaturated/α-hetero) is 4. The molecule has 36 heavy (non-hydrogen) atoms. The van der Waals surface area contributed by atoms with Crippen LogP contribution in [0, 0.1) is 23.7 Å². The number of ketones is 4. The van der Waals surface area contributed by atoms with Gasteiger partial charge in [-0.3, -0.25) is 33.9 Å². The number of benzene rings is 1. The number of rotatable bonds is 3. The molecule has 6 atom stereocenters. The molecule has 1 aromatic heterocycles. The lowest BCUT2D eigenvalue weighted by atomic mass is 9.52. The highest BCUT2D eigenvalue weighted by Crippen LogP contribution is 2.51. The molecular formula is C26H25N3O7. The highest BCUT2D eigenvalue weighted by atomic mass is 16.3. The molecule has 2 unspecified atom stereocenters. The minimum atomic E-state index is -2.73. The molecule has 2 fully saturated rings. The van der Waals surface area contributed by atoms with Crippen LogP contribution in [0.4, 0.5) is 0 Å². The van der Waals surface area contributed by atoms with Crippen molar-refractivity contribution >= 4 is 29.0 Å².